The van der Waals surface area contributed by atoms with Gasteiger partial charge in [-0.2, -0.15) is 0 Å². The van der Waals surface area contributed by atoms with Crippen molar-refractivity contribution >= 4 is 11.8 Å². The second-order valence-electron chi connectivity index (χ2n) is 5.71. The molecule has 0 bridgehead atoms. The van der Waals surface area contributed by atoms with Crippen molar-refractivity contribution in [3.05, 3.63) is 29.3 Å². The highest BCUT2D eigenvalue weighted by atomic mass is 16.5. The number of carbonyl (C=O) groups is 2. The minimum absolute atomic E-state index is 0. The molecule has 3 N–H and O–H groups in total. The molecule has 1 aromatic rings. The quantitative estimate of drug-likeness (QED) is 0.832. The molecule has 0 saturated carbocycles. The Morgan fingerprint density at radius 2 is 2.04 bits per heavy atom. The van der Waals surface area contributed by atoms with Gasteiger partial charge in [-0.15, -0.1) is 0 Å². The molecule has 5 heteroatoms. The summed E-state index contributed by atoms with van der Waals surface area (Å²) in [5.41, 5.74) is 1.38. The van der Waals surface area contributed by atoms with E-state index >= 15 is 0 Å². The van der Waals surface area contributed by atoms with E-state index in [2.05, 4.69) is 6.92 Å². The van der Waals surface area contributed by atoms with Crippen molar-refractivity contribution in [2.45, 2.75) is 65.9 Å². The van der Waals surface area contributed by atoms with Crippen LogP contribution in [0.5, 0.6) is 5.75 Å². The van der Waals surface area contributed by atoms with Crippen LogP contribution >= 0.6 is 0 Å². The standard InChI is InChI=1S/C17H22O4.C2H6.H2O/c1-3-4-5-11(2)17(20)21-15-9-6-12-10-13(18)7-8-14(12)16(15)19;1-2;/h7-8,10-11,15,18H,3-6,9H2,1-2H3;1-2H3;1H2/t11-,15?;;/m0../s1. The van der Waals surface area contributed by atoms with E-state index in [9.17, 15) is 14.7 Å². The Morgan fingerprint density at radius 3 is 2.67 bits per heavy atom. The largest absolute Gasteiger partial charge is 0.508 e. The fraction of sp³-hybridized carbons (Fsp3) is 0.579. The van der Waals surface area contributed by atoms with Crippen LogP contribution in [0.3, 0.4) is 0 Å². The molecule has 136 valence electrons. The fourth-order valence-electron chi connectivity index (χ4n) is 2.62. The predicted octanol–water partition coefficient (Wildman–Crippen LogP) is 3.46. The van der Waals surface area contributed by atoms with Crippen molar-refractivity contribution in [2.75, 3.05) is 0 Å². The number of aryl methyl sites for hydroxylation is 1. The SMILES string of the molecule is CC.CCCC[C@H](C)C(=O)OC1CCc2cc(O)ccc2C1=O.O. The molecular weight excluding hydrogens is 308 g/mol. The van der Waals surface area contributed by atoms with E-state index in [1.165, 1.54) is 6.07 Å². The third-order valence-corrected chi connectivity index (χ3v) is 3.97. The van der Waals surface area contributed by atoms with Crippen molar-refractivity contribution in [3.8, 4) is 5.75 Å². The van der Waals surface area contributed by atoms with Gasteiger partial charge in [0.1, 0.15) is 5.75 Å². The number of fused-ring (bicyclic) bond motifs is 1. The van der Waals surface area contributed by atoms with E-state index in [1.54, 1.807) is 12.1 Å². The summed E-state index contributed by atoms with van der Waals surface area (Å²) < 4.78 is 5.40. The van der Waals surface area contributed by atoms with E-state index in [0.717, 1.165) is 24.8 Å². The molecule has 0 heterocycles. The van der Waals surface area contributed by atoms with Crippen molar-refractivity contribution in [1.29, 1.82) is 0 Å². The topological polar surface area (TPSA) is 95.1 Å². The van der Waals surface area contributed by atoms with Gasteiger partial charge in [-0.25, -0.2) is 0 Å². The summed E-state index contributed by atoms with van der Waals surface area (Å²) in [6.45, 7) is 7.92. The summed E-state index contributed by atoms with van der Waals surface area (Å²) in [6, 6.07) is 4.70. The van der Waals surface area contributed by atoms with Gasteiger partial charge in [-0.05, 0) is 43.0 Å². The number of aromatic hydroxyl groups is 1. The average molecular weight is 338 g/mol. The second kappa shape index (κ2) is 10.8. The van der Waals surface area contributed by atoms with Crippen LogP contribution in [0.25, 0.3) is 0 Å². The predicted molar refractivity (Wildman–Crippen MR) is 94.3 cm³/mol. The average Bonchev–Trinajstić information content (AvgIpc) is 2.56. The lowest BCUT2D eigenvalue weighted by molar-refractivity contribution is -0.152. The number of Topliss-reactive ketones (excluding diaryl/α,β-unsaturated/α-hetero) is 1. The lowest BCUT2D eigenvalue weighted by Gasteiger charge is -2.24. The van der Waals surface area contributed by atoms with Crippen LogP contribution in [-0.4, -0.2) is 28.4 Å². The number of ketones is 1. The molecule has 1 aromatic carbocycles. The third kappa shape index (κ3) is 5.64. The molecule has 0 aromatic heterocycles. The zero-order valence-electron chi connectivity index (χ0n) is 15.1. The molecule has 1 unspecified atom stereocenters. The van der Waals surface area contributed by atoms with Crippen molar-refractivity contribution in [3.63, 3.8) is 0 Å². The van der Waals surface area contributed by atoms with Gasteiger partial charge in [-0.1, -0.05) is 40.5 Å². The molecule has 5 nitrogen and oxygen atoms in total. The number of phenolic OH excluding ortho intramolecular Hbond substituents is 1. The first-order chi connectivity index (χ1) is 11.0. The van der Waals surface area contributed by atoms with Gasteiger partial charge in [0.2, 0.25) is 5.78 Å². The van der Waals surface area contributed by atoms with E-state index < -0.39 is 6.10 Å². The molecule has 0 amide bonds. The maximum absolute atomic E-state index is 12.3. The minimum atomic E-state index is -0.682. The summed E-state index contributed by atoms with van der Waals surface area (Å²) in [5, 5.41) is 9.44. The lowest BCUT2D eigenvalue weighted by atomic mass is 9.88. The van der Waals surface area contributed by atoms with Gasteiger partial charge in [0.15, 0.2) is 6.10 Å². The number of hydrogen-bond acceptors (Lipinski definition) is 4. The molecule has 0 radical (unpaired) electrons. The highest BCUT2D eigenvalue weighted by molar-refractivity contribution is 6.02. The minimum Gasteiger partial charge on any atom is -0.508 e. The molecule has 1 aliphatic carbocycles. The Hall–Kier alpha value is -1.88. The van der Waals surface area contributed by atoms with Gasteiger partial charge in [0.25, 0.3) is 0 Å². The van der Waals surface area contributed by atoms with E-state index in [1.807, 2.05) is 20.8 Å². The van der Waals surface area contributed by atoms with Crippen molar-refractivity contribution in [2.24, 2.45) is 5.92 Å². The summed E-state index contributed by atoms with van der Waals surface area (Å²) in [4.78, 5) is 24.4. The maximum Gasteiger partial charge on any atom is 0.309 e. The van der Waals surface area contributed by atoms with Crippen LogP contribution in [0.1, 0.15) is 69.3 Å². The van der Waals surface area contributed by atoms with E-state index in [0.29, 0.717) is 18.4 Å². The molecule has 1 aliphatic rings. The molecular formula is C19H30O5. The Labute approximate surface area is 144 Å². The zero-order chi connectivity index (χ0) is 17.4. The highest BCUT2D eigenvalue weighted by Crippen LogP contribution is 2.27. The number of hydrogen-bond donors (Lipinski definition) is 1. The Morgan fingerprint density at radius 1 is 1.38 bits per heavy atom. The Bertz CT molecular complexity index is 539. The van der Waals surface area contributed by atoms with Crippen LogP contribution < -0.4 is 0 Å². The fourth-order valence-corrected chi connectivity index (χ4v) is 2.62. The maximum atomic E-state index is 12.3. The summed E-state index contributed by atoms with van der Waals surface area (Å²) in [7, 11) is 0. The monoisotopic (exact) mass is 338 g/mol. The number of benzene rings is 1. The summed E-state index contributed by atoms with van der Waals surface area (Å²) in [6.07, 6.45) is 3.26. The molecule has 2 atom stereocenters. The molecule has 24 heavy (non-hydrogen) atoms. The third-order valence-electron chi connectivity index (χ3n) is 3.97. The summed E-state index contributed by atoms with van der Waals surface area (Å²) in [5.74, 6) is -0.458. The first-order valence-corrected chi connectivity index (χ1v) is 8.59. The van der Waals surface area contributed by atoms with Crippen molar-refractivity contribution in [1.82, 2.24) is 0 Å². The molecule has 0 spiro atoms. The Kier molecular flexibility index (Phi) is 9.97. The van der Waals surface area contributed by atoms with Crippen LogP contribution in [0, 0.1) is 5.92 Å². The van der Waals surface area contributed by atoms with Gasteiger partial charge >= 0.3 is 5.97 Å². The summed E-state index contributed by atoms with van der Waals surface area (Å²) >= 11 is 0. The number of esters is 1. The molecule has 0 fully saturated rings. The van der Waals surface area contributed by atoms with Crippen molar-refractivity contribution < 1.29 is 24.9 Å². The van der Waals surface area contributed by atoms with Crippen LogP contribution in [0.2, 0.25) is 0 Å². The number of carbonyl (C=O) groups excluding carboxylic acids is 2. The van der Waals surface area contributed by atoms with Gasteiger partial charge in [0.05, 0.1) is 5.92 Å². The number of rotatable bonds is 5. The van der Waals surface area contributed by atoms with Crippen LogP contribution in [-0.2, 0) is 16.0 Å². The molecule has 0 aliphatic heterocycles. The first kappa shape index (κ1) is 22.1. The van der Waals surface area contributed by atoms with Crippen LogP contribution in [0.15, 0.2) is 18.2 Å². The second-order valence-corrected chi connectivity index (χ2v) is 5.71. The number of ether oxygens (including phenoxy) is 1. The number of phenols is 1. The van der Waals surface area contributed by atoms with Crippen LogP contribution in [0.4, 0.5) is 0 Å². The van der Waals surface area contributed by atoms with Gasteiger partial charge in [0, 0.05) is 5.56 Å². The first-order valence-electron chi connectivity index (χ1n) is 8.59. The van der Waals surface area contributed by atoms with E-state index in [4.69, 9.17) is 4.74 Å². The lowest BCUT2D eigenvalue weighted by Crippen LogP contribution is -2.33. The molecule has 0 saturated heterocycles. The smallest absolute Gasteiger partial charge is 0.309 e. The molecule has 2 rings (SSSR count). The van der Waals surface area contributed by atoms with E-state index in [-0.39, 0.29) is 28.9 Å². The zero-order valence-corrected chi connectivity index (χ0v) is 15.1. The van der Waals surface area contributed by atoms with Gasteiger partial charge < -0.3 is 15.3 Å². The highest BCUT2D eigenvalue weighted by Gasteiger charge is 2.31. The number of unbranched alkanes of at least 4 members (excludes halogenated alkanes) is 1. The van der Waals surface area contributed by atoms with Gasteiger partial charge in [-0.3, -0.25) is 9.59 Å². The Balaban J connectivity index is 0.00000170. The normalized spacial score (nSPS) is 16.8.